The minimum atomic E-state index is -0.132. The van der Waals surface area contributed by atoms with Crippen molar-refractivity contribution in [2.75, 3.05) is 0 Å². The van der Waals surface area contributed by atoms with E-state index in [1.165, 1.54) is 6.07 Å². The molecule has 1 aromatic carbocycles. The predicted molar refractivity (Wildman–Crippen MR) is 69.9 cm³/mol. The molecule has 1 unspecified atom stereocenters. The van der Waals surface area contributed by atoms with E-state index < -0.39 is 0 Å². The third kappa shape index (κ3) is 4.22. The van der Waals surface area contributed by atoms with Gasteiger partial charge in [0.15, 0.2) is 0 Å². The van der Waals surface area contributed by atoms with Crippen molar-refractivity contribution < 1.29 is 4.39 Å². The Morgan fingerprint density at radius 3 is 2.62 bits per heavy atom. The summed E-state index contributed by atoms with van der Waals surface area (Å²) in [7, 11) is 0. The topological polar surface area (TPSA) is 26.0 Å². The number of aryl methyl sites for hydroxylation is 1. The summed E-state index contributed by atoms with van der Waals surface area (Å²) in [6.07, 6.45) is 2.66. The molecule has 90 valence electrons. The molecule has 0 radical (unpaired) electrons. The second-order valence-corrected chi connectivity index (χ2v) is 5.45. The second-order valence-electron chi connectivity index (χ2n) is 4.54. The lowest BCUT2D eigenvalue weighted by Gasteiger charge is -2.15. The van der Waals surface area contributed by atoms with Crippen LogP contribution in [0.1, 0.15) is 32.3 Å². The first-order valence-electron chi connectivity index (χ1n) is 5.70. The van der Waals surface area contributed by atoms with Crippen LogP contribution in [-0.4, -0.2) is 6.04 Å². The quantitative estimate of drug-likeness (QED) is 0.874. The predicted octanol–water partition coefficient (Wildman–Crippen LogP) is 3.89. The summed E-state index contributed by atoms with van der Waals surface area (Å²) < 4.78 is 14.3. The molecule has 2 N–H and O–H groups in total. The SMILES string of the molecule is CC(C)C(N)CCCc1ccc(Br)cc1F. The highest BCUT2D eigenvalue weighted by Crippen LogP contribution is 2.17. The molecule has 16 heavy (non-hydrogen) atoms. The van der Waals surface area contributed by atoms with Crippen molar-refractivity contribution in [2.45, 2.75) is 39.2 Å². The highest BCUT2D eigenvalue weighted by Gasteiger charge is 2.08. The van der Waals surface area contributed by atoms with Gasteiger partial charge in [0.05, 0.1) is 0 Å². The number of rotatable bonds is 5. The maximum atomic E-state index is 13.5. The maximum Gasteiger partial charge on any atom is 0.127 e. The lowest BCUT2D eigenvalue weighted by atomic mass is 9.98. The Kier molecular flexibility index (Phi) is 5.42. The summed E-state index contributed by atoms with van der Waals surface area (Å²) in [5.41, 5.74) is 6.72. The fraction of sp³-hybridized carbons (Fsp3) is 0.538. The largest absolute Gasteiger partial charge is 0.327 e. The molecule has 0 heterocycles. The molecule has 0 aromatic heterocycles. The van der Waals surface area contributed by atoms with Crippen LogP contribution in [0.15, 0.2) is 22.7 Å². The van der Waals surface area contributed by atoms with Gasteiger partial charge in [0.25, 0.3) is 0 Å². The van der Waals surface area contributed by atoms with Gasteiger partial charge in [-0.1, -0.05) is 35.8 Å². The zero-order chi connectivity index (χ0) is 12.1. The van der Waals surface area contributed by atoms with E-state index in [2.05, 4.69) is 29.8 Å². The standard InChI is InChI=1S/C13H19BrFN/c1-9(2)13(16)5-3-4-10-6-7-11(14)8-12(10)15/h6-9,13H,3-5,16H2,1-2H3. The molecule has 1 nitrogen and oxygen atoms in total. The van der Waals surface area contributed by atoms with E-state index in [-0.39, 0.29) is 11.9 Å². The molecule has 0 amide bonds. The lowest BCUT2D eigenvalue weighted by molar-refractivity contribution is 0.450. The maximum absolute atomic E-state index is 13.5. The molecule has 0 aliphatic rings. The van der Waals surface area contributed by atoms with Crippen LogP contribution in [0.5, 0.6) is 0 Å². The fourth-order valence-corrected chi connectivity index (χ4v) is 1.92. The molecule has 0 saturated carbocycles. The van der Waals surface area contributed by atoms with Gasteiger partial charge >= 0.3 is 0 Å². The van der Waals surface area contributed by atoms with Gasteiger partial charge in [-0.05, 0) is 42.9 Å². The molecule has 0 spiro atoms. The zero-order valence-electron chi connectivity index (χ0n) is 9.84. The molecule has 3 heteroatoms. The molecule has 0 aliphatic carbocycles. The van der Waals surface area contributed by atoms with Crippen molar-refractivity contribution >= 4 is 15.9 Å². The molecular weight excluding hydrogens is 269 g/mol. The third-order valence-corrected chi connectivity index (χ3v) is 3.35. The molecule has 0 aliphatic heterocycles. The van der Waals surface area contributed by atoms with Crippen molar-refractivity contribution in [2.24, 2.45) is 11.7 Å². The Balaban J connectivity index is 2.43. The van der Waals surface area contributed by atoms with Crippen molar-refractivity contribution in [1.82, 2.24) is 0 Å². The van der Waals surface area contributed by atoms with E-state index in [9.17, 15) is 4.39 Å². The molecule has 0 bridgehead atoms. The number of hydrogen-bond acceptors (Lipinski definition) is 1. The molecule has 1 aromatic rings. The summed E-state index contributed by atoms with van der Waals surface area (Å²) in [6, 6.07) is 5.44. The Hall–Kier alpha value is -0.410. The monoisotopic (exact) mass is 287 g/mol. The van der Waals surface area contributed by atoms with E-state index in [4.69, 9.17) is 5.73 Å². The smallest absolute Gasteiger partial charge is 0.127 e. The highest BCUT2D eigenvalue weighted by molar-refractivity contribution is 9.10. The Morgan fingerprint density at radius 2 is 2.06 bits per heavy atom. The third-order valence-electron chi connectivity index (χ3n) is 2.85. The molecular formula is C13H19BrFN. The summed E-state index contributed by atoms with van der Waals surface area (Å²) >= 11 is 3.25. The molecule has 0 fully saturated rings. The summed E-state index contributed by atoms with van der Waals surface area (Å²) in [6.45, 7) is 4.23. The van der Waals surface area contributed by atoms with Gasteiger partial charge in [-0.2, -0.15) is 0 Å². The summed E-state index contributed by atoms with van der Waals surface area (Å²) in [5, 5.41) is 0. The van der Waals surface area contributed by atoms with E-state index in [0.29, 0.717) is 5.92 Å². The summed E-state index contributed by atoms with van der Waals surface area (Å²) in [5.74, 6) is 0.363. The van der Waals surface area contributed by atoms with E-state index >= 15 is 0 Å². The van der Waals surface area contributed by atoms with Crippen molar-refractivity contribution in [1.29, 1.82) is 0 Å². The van der Waals surface area contributed by atoms with E-state index in [1.807, 2.05) is 12.1 Å². The van der Waals surface area contributed by atoms with Crippen LogP contribution in [-0.2, 0) is 6.42 Å². The van der Waals surface area contributed by atoms with Crippen LogP contribution in [0.25, 0.3) is 0 Å². The first kappa shape index (κ1) is 13.7. The van der Waals surface area contributed by atoms with Crippen LogP contribution in [0.3, 0.4) is 0 Å². The van der Waals surface area contributed by atoms with Crippen LogP contribution in [0, 0.1) is 11.7 Å². The van der Waals surface area contributed by atoms with Gasteiger partial charge in [-0.3, -0.25) is 0 Å². The van der Waals surface area contributed by atoms with E-state index in [1.54, 1.807) is 0 Å². The molecule has 1 atom stereocenters. The van der Waals surface area contributed by atoms with Crippen LogP contribution in [0.4, 0.5) is 4.39 Å². The van der Waals surface area contributed by atoms with Crippen molar-refractivity contribution in [3.63, 3.8) is 0 Å². The normalized spacial score (nSPS) is 13.1. The zero-order valence-corrected chi connectivity index (χ0v) is 11.4. The number of nitrogens with two attached hydrogens (primary N) is 1. The van der Waals surface area contributed by atoms with Crippen LogP contribution >= 0.6 is 15.9 Å². The van der Waals surface area contributed by atoms with Gasteiger partial charge in [0.2, 0.25) is 0 Å². The average Bonchev–Trinajstić information content (AvgIpc) is 2.20. The second kappa shape index (κ2) is 6.36. The minimum Gasteiger partial charge on any atom is -0.327 e. The van der Waals surface area contributed by atoms with E-state index in [0.717, 1.165) is 29.3 Å². The highest BCUT2D eigenvalue weighted by atomic mass is 79.9. The molecule has 1 rings (SSSR count). The first-order chi connectivity index (χ1) is 7.50. The van der Waals surface area contributed by atoms with Gasteiger partial charge in [0.1, 0.15) is 5.82 Å². The Labute approximate surface area is 105 Å². The fourth-order valence-electron chi connectivity index (χ4n) is 1.59. The van der Waals surface area contributed by atoms with Crippen LogP contribution in [0.2, 0.25) is 0 Å². The van der Waals surface area contributed by atoms with Crippen molar-refractivity contribution in [3.8, 4) is 0 Å². The number of hydrogen-bond donors (Lipinski definition) is 1. The molecule has 0 saturated heterocycles. The number of halogens is 2. The van der Waals surface area contributed by atoms with Gasteiger partial charge in [-0.15, -0.1) is 0 Å². The minimum absolute atomic E-state index is 0.132. The van der Waals surface area contributed by atoms with Gasteiger partial charge in [-0.25, -0.2) is 4.39 Å². The van der Waals surface area contributed by atoms with Crippen LogP contribution < -0.4 is 5.73 Å². The summed E-state index contributed by atoms with van der Waals surface area (Å²) in [4.78, 5) is 0. The average molecular weight is 288 g/mol. The first-order valence-corrected chi connectivity index (χ1v) is 6.49. The Bertz CT molecular complexity index is 339. The van der Waals surface area contributed by atoms with Gasteiger partial charge < -0.3 is 5.73 Å². The lowest BCUT2D eigenvalue weighted by Crippen LogP contribution is -2.26. The van der Waals surface area contributed by atoms with Gasteiger partial charge in [0, 0.05) is 10.5 Å². The van der Waals surface area contributed by atoms with Crippen molar-refractivity contribution in [3.05, 3.63) is 34.1 Å². The Morgan fingerprint density at radius 1 is 1.38 bits per heavy atom. The number of benzene rings is 1.